The Hall–Kier alpha value is -1.68. The maximum atomic E-state index is 6.04. The zero-order chi connectivity index (χ0) is 14.2. The fourth-order valence-electron chi connectivity index (χ4n) is 2.29. The molecule has 102 valence electrons. The molecule has 19 heavy (non-hydrogen) atoms. The molecular formula is C15H21N3O. The van der Waals surface area contributed by atoms with Crippen molar-refractivity contribution in [1.82, 2.24) is 10.1 Å². The summed E-state index contributed by atoms with van der Waals surface area (Å²) in [6.45, 7) is 10.3. The lowest BCUT2D eigenvalue weighted by Gasteiger charge is -2.10. The molecule has 0 amide bonds. The van der Waals surface area contributed by atoms with Gasteiger partial charge in [-0.3, -0.25) is 0 Å². The Balaban J connectivity index is 2.44. The van der Waals surface area contributed by atoms with Gasteiger partial charge in [-0.15, -0.1) is 0 Å². The predicted molar refractivity (Wildman–Crippen MR) is 75.7 cm³/mol. The van der Waals surface area contributed by atoms with Gasteiger partial charge in [-0.1, -0.05) is 36.7 Å². The SMILES string of the molecule is Cc1cc(C)c(-c2nc(C(N)C(C)C)no2)c(C)c1. The second-order valence-corrected chi connectivity index (χ2v) is 5.50. The third kappa shape index (κ3) is 2.68. The van der Waals surface area contributed by atoms with Crippen molar-refractivity contribution in [2.45, 2.75) is 40.7 Å². The van der Waals surface area contributed by atoms with Crippen LogP contribution in [-0.2, 0) is 0 Å². The molecule has 0 saturated carbocycles. The smallest absolute Gasteiger partial charge is 0.258 e. The molecule has 1 atom stereocenters. The van der Waals surface area contributed by atoms with E-state index in [1.165, 1.54) is 5.56 Å². The molecule has 0 bridgehead atoms. The van der Waals surface area contributed by atoms with Gasteiger partial charge in [0, 0.05) is 5.56 Å². The molecule has 2 N–H and O–H groups in total. The van der Waals surface area contributed by atoms with Crippen LogP contribution in [0.25, 0.3) is 11.5 Å². The highest BCUT2D eigenvalue weighted by atomic mass is 16.5. The van der Waals surface area contributed by atoms with E-state index in [0.717, 1.165) is 16.7 Å². The number of hydrogen-bond donors (Lipinski definition) is 1. The Bertz CT molecular complexity index is 564. The Labute approximate surface area is 114 Å². The summed E-state index contributed by atoms with van der Waals surface area (Å²) in [5, 5.41) is 4.01. The van der Waals surface area contributed by atoms with Crippen molar-refractivity contribution >= 4 is 0 Å². The van der Waals surface area contributed by atoms with Gasteiger partial charge in [0.05, 0.1) is 6.04 Å². The molecule has 1 unspecified atom stereocenters. The normalized spacial score (nSPS) is 13.0. The van der Waals surface area contributed by atoms with Crippen LogP contribution in [0.5, 0.6) is 0 Å². The van der Waals surface area contributed by atoms with E-state index in [4.69, 9.17) is 10.3 Å². The molecule has 4 heteroatoms. The highest BCUT2D eigenvalue weighted by Crippen LogP contribution is 2.28. The van der Waals surface area contributed by atoms with E-state index in [0.29, 0.717) is 11.7 Å². The van der Waals surface area contributed by atoms with Gasteiger partial charge in [-0.25, -0.2) is 0 Å². The van der Waals surface area contributed by atoms with Crippen molar-refractivity contribution in [3.05, 3.63) is 34.6 Å². The quantitative estimate of drug-likeness (QED) is 0.918. The molecule has 2 aromatic rings. The van der Waals surface area contributed by atoms with E-state index in [-0.39, 0.29) is 12.0 Å². The number of hydrogen-bond acceptors (Lipinski definition) is 4. The lowest BCUT2D eigenvalue weighted by atomic mass is 10.00. The second-order valence-electron chi connectivity index (χ2n) is 5.50. The van der Waals surface area contributed by atoms with Gasteiger partial charge in [0.25, 0.3) is 5.89 Å². The first-order valence-corrected chi connectivity index (χ1v) is 6.57. The fraction of sp³-hybridized carbons (Fsp3) is 0.467. The minimum absolute atomic E-state index is 0.191. The topological polar surface area (TPSA) is 64.9 Å². The van der Waals surface area contributed by atoms with E-state index in [9.17, 15) is 0 Å². The average molecular weight is 259 g/mol. The summed E-state index contributed by atoms with van der Waals surface area (Å²) in [6.07, 6.45) is 0. The largest absolute Gasteiger partial charge is 0.334 e. The molecule has 4 nitrogen and oxygen atoms in total. The fourth-order valence-corrected chi connectivity index (χ4v) is 2.29. The number of rotatable bonds is 3. The minimum Gasteiger partial charge on any atom is -0.334 e. The molecule has 0 aliphatic carbocycles. The van der Waals surface area contributed by atoms with Gasteiger partial charge in [-0.2, -0.15) is 4.98 Å². The molecule has 0 aliphatic heterocycles. The molecule has 0 saturated heterocycles. The summed E-state index contributed by atoms with van der Waals surface area (Å²) in [5.41, 5.74) is 10.6. The van der Waals surface area contributed by atoms with Crippen LogP contribution in [0.15, 0.2) is 16.7 Å². The van der Waals surface area contributed by atoms with Gasteiger partial charge >= 0.3 is 0 Å². The number of nitrogens with zero attached hydrogens (tertiary/aromatic N) is 2. The molecule has 1 heterocycles. The van der Waals surface area contributed by atoms with Crippen LogP contribution in [0.2, 0.25) is 0 Å². The van der Waals surface area contributed by atoms with Gasteiger partial charge < -0.3 is 10.3 Å². The summed E-state index contributed by atoms with van der Waals surface area (Å²) in [6, 6.07) is 4.05. The summed E-state index contributed by atoms with van der Waals surface area (Å²) in [7, 11) is 0. The number of benzene rings is 1. The molecule has 2 rings (SSSR count). The maximum absolute atomic E-state index is 6.04. The molecular weight excluding hydrogens is 238 g/mol. The highest BCUT2D eigenvalue weighted by molar-refractivity contribution is 5.63. The van der Waals surface area contributed by atoms with Crippen LogP contribution in [-0.4, -0.2) is 10.1 Å². The first-order chi connectivity index (χ1) is 8.90. The number of aromatic nitrogens is 2. The van der Waals surface area contributed by atoms with Crippen LogP contribution in [0.3, 0.4) is 0 Å². The van der Waals surface area contributed by atoms with Crippen LogP contribution in [0.1, 0.15) is 42.4 Å². The Morgan fingerprint density at radius 3 is 2.21 bits per heavy atom. The first kappa shape index (κ1) is 13.7. The number of aryl methyl sites for hydroxylation is 3. The van der Waals surface area contributed by atoms with Crippen LogP contribution >= 0.6 is 0 Å². The lowest BCUT2D eigenvalue weighted by molar-refractivity contribution is 0.400. The third-order valence-corrected chi connectivity index (χ3v) is 3.35. The average Bonchev–Trinajstić information content (AvgIpc) is 2.75. The van der Waals surface area contributed by atoms with Crippen molar-refractivity contribution in [2.24, 2.45) is 11.7 Å². The Kier molecular flexibility index (Phi) is 3.71. The summed E-state index contributed by atoms with van der Waals surface area (Å²) in [4.78, 5) is 4.45. The summed E-state index contributed by atoms with van der Waals surface area (Å²) < 4.78 is 5.38. The van der Waals surface area contributed by atoms with Crippen molar-refractivity contribution in [3.8, 4) is 11.5 Å². The van der Waals surface area contributed by atoms with Gasteiger partial charge in [0.1, 0.15) is 0 Å². The van der Waals surface area contributed by atoms with E-state index in [1.807, 2.05) is 13.8 Å². The first-order valence-electron chi connectivity index (χ1n) is 6.57. The van der Waals surface area contributed by atoms with Crippen LogP contribution < -0.4 is 5.73 Å². The van der Waals surface area contributed by atoms with Gasteiger partial charge in [-0.05, 0) is 37.8 Å². The summed E-state index contributed by atoms with van der Waals surface area (Å²) in [5.74, 6) is 1.41. The van der Waals surface area contributed by atoms with Crippen molar-refractivity contribution < 1.29 is 4.52 Å². The lowest BCUT2D eigenvalue weighted by Crippen LogP contribution is -2.18. The van der Waals surface area contributed by atoms with E-state index < -0.39 is 0 Å². The third-order valence-electron chi connectivity index (χ3n) is 3.35. The van der Waals surface area contributed by atoms with Crippen molar-refractivity contribution in [2.75, 3.05) is 0 Å². The van der Waals surface area contributed by atoms with E-state index in [2.05, 4.69) is 43.0 Å². The monoisotopic (exact) mass is 259 g/mol. The van der Waals surface area contributed by atoms with E-state index >= 15 is 0 Å². The van der Waals surface area contributed by atoms with Gasteiger partial charge in [0.2, 0.25) is 0 Å². The van der Waals surface area contributed by atoms with Crippen molar-refractivity contribution in [1.29, 1.82) is 0 Å². The maximum Gasteiger partial charge on any atom is 0.258 e. The standard InChI is InChI=1S/C15H21N3O/c1-8(2)13(16)14-17-15(19-18-14)12-10(4)6-9(3)7-11(12)5/h6-8,13H,16H2,1-5H3. The van der Waals surface area contributed by atoms with Crippen LogP contribution in [0.4, 0.5) is 0 Å². The molecule has 0 spiro atoms. The molecule has 1 aromatic heterocycles. The minimum atomic E-state index is -0.191. The Morgan fingerprint density at radius 2 is 1.68 bits per heavy atom. The zero-order valence-electron chi connectivity index (χ0n) is 12.2. The summed E-state index contributed by atoms with van der Waals surface area (Å²) >= 11 is 0. The molecule has 0 radical (unpaired) electrons. The molecule has 0 aliphatic rings. The zero-order valence-corrected chi connectivity index (χ0v) is 12.2. The van der Waals surface area contributed by atoms with E-state index in [1.54, 1.807) is 0 Å². The predicted octanol–water partition coefficient (Wildman–Crippen LogP) is 3.32. The highest BCUT2D eigenvalue weighted by Gasteiger charge is 2.20. The van der Waals surface area contributed by atoms with Crippen molar-refractivity contribution in [3.63, 3.8) is 0 Å². The Morgan fingerprint density at radius 1 is 1.11 bits per heavy atom. The molecule has 1 aromatic carbocycles. The molecule has 0 fully saturated rings. The van der Waals surface area contributed by atoms with Crippen LogP contribution in [0, 0.1) is 26.7 Å². The van der Waals surface area contributed by atoms with Gasteiger partial charge in [0.15, 0.2) is 5.82 Å². The number of nitrogens with two attached hydrogens (primary N) is 1. The second kappa shape index (κ2) is 5.13.